The van der Waals surface area contributed by atoms with Crippen LogP contribution in [0.15, 0.2) is 52.9 Å². The van der Waals surface area contributed by atoms with E-state index in [9.17, 15) is 0 Å². The summed E-state index contributed by atoms with van der Waals surface area (Å²) in [5, 5.41) is 0.113. The van der Waals surface area contributed by atoms with Crippen LogP contribution in [0.2, 0.25) is 5.35 Å². The first-order chi connectivity index (χ1) is 10.3. The molecule has 4 nitrogen and oxygen atoms in total. The SMILES string of the molecule is Clc1nc(-c2ccc3c(c2)OCO3)c(-c2ccccc2)o1. The molecule has 0 unspecified atom stereocenters. The number of oxazole rings is 1. The van der Waals surface area contributed by atoms with E-state index in [0.29, 0.717) is 17.2 Å². The maximum atomic E-state index is 5.95. The summed E-state index contributed by atoms with van der Waals surface area (Å²) < 4.78 is 16.3. The molecule has 0 atom stereocenters. The van der Waals surface area contributed by atoms with Gasteiger partial charge in [-0.25, -0.2) is 0 Å². The van der Waals surface area contributed by atoms with Gasteiger partial charge in [0.2, 0.25) is 6.79 Å². The van der Waals surface area contributed by atoms with Gasteiger partial charge in [-0.2, -0.15) is 4.98 Å². The van der Waals surface area contributed by atoms with Crippen LogP contribution in [0.4, 0.5) is 0 Å². The molecular weight excluding hydrogens is 290 g/mol. The second-order valence-electron chi connectivity index (χ2n) is 4.58. The summed E-state index contributed by atoms with van der Waals surface area (Å²) in [7, 11) is 0. The monoisotopic (exact) mass is 299 g/mol. The van der Waals surface area contributed by atoms with Crippen molar-refractivity contribution in [2.45, 2.75) is 0 Å². The van der Waals surface area contributed by atoms with Gasteiger partial charge in [0.1, 0.15) is 5.69 Å². The van der Waals surface area contributed by atoms with Crippen molar-refractivity contribution >= 4 is 11.6 Å². The van der Waals surface area contributed by atoms with Crippen LogP contribution < -0.4 is 9.47 Å². The van der Waals surface area contributed by atoms with Gasteiger partial charge >= 0.3 is 0 Å². The van der Waals surface area contributed by atoms with E-state index >= 15 is 0 Å². The van der Waals surface area contributed by atoms with Crippen molar-refractivity contribution in [2.75, 3.05) is 6.79 Å². The Morgan fingerprint density at radius 3 is 2.57 bits per heavy atom. The van der Waals surface area contributed by atoms with E-state index in [2.05, 4.69) is 4.98 Å². The van der Waals surface area contributed by atoms with E-state index in [1.807, 2.05) is 48.5 Å². The predicted molar refractivity (Wildman–Crippen MR) is 78.5 cm³/mol. The number of fused-ring (bicyclic) bond motifs is 1. The number of nitrogens with zero attached hydrogens (tertiary/aromatic N) is 1. The van der Waals surface area contributed by atoms with E-state index < -0.39 is 0 Å². The highest BCUT2D eigenvalue weighted by molar-refractivity contribution is 6.28. The molecule has 3 aromatic rings. The van der Waals surface area contributed by atoms with Crippen LogP contribution in [0.1, 0.15) is 0 Å². The Morgan fingerprint density at radius 2 is 1.71 bits per heavy atom. The number of halogens is 1. The Morgan fingerprint density at radius 1 is 0.905 bits per heavy atom. The Balaban J connectivity index is 1.86. The Hall–Kier alpha value is -2.46. The van der Waals surface area contributed by atoms with Crippen molar-refractivity contribution in [3.8, 4) is 34.1 Å². The first kappa shape index (κ1) is 12.3. The van der Waals surface area contributed by atoms with Crippen molar-refractivity contribution < 1.29 is 13.9 Å². The third kappa shape index (κ3) is 2.14. The topological polar surface area (TPSA) is 44.5 Å². The lowest BCUT2D eigenvalue weighted by Gasteiger charge is -2.03. The molecule has 0 fully saturated rings. The number of benzene rings is 2. The molecular formula is C16H10ClNO3. The smallest absolute Gasteiger partial charge is 0.293 e. The van der Waals surface area contributed by atoms with Gasteiger partial charge in [0.25, 0.3) is 5.35 Å². The van der Waals surface area contributed by atoms with Gasteiger partial charge in [-0.3, -0.25) is 0 Å². The third-order valence-electron chi connectivity index (χ3n) is 3.28. The largest absolute Gasteiger partial charge is 0.454 e. The molecule has 5 heteroatoms. The number of aromatic nitrogens is 1. The summed E-state index contributed by atoms with van der Waals surface area (Å²) in [6.07, 6.45) is 0. The molecule has 4 rings (SSSR count). The zero-order valence-corrected chi connectivity index (χ0v) is 11.6. The molecule has 0 aliphatic carbocycles. The fourth-order valence-corrected chi connectivity index (χ4v) is 2.48. The standard InChI is InChI=1S/C16H10ClNO3/c17-16-18-14(15(21-16)10-4-2-1-3-5-10)11-6-7-12-13(8-11)20-9-19-12/h1-8H,9H2. The number of rotatable bonds is 2. The summed E-state index contributed by atoms with van der Waals surface area (Å²) in [6.45, 7) is 0.240. The average molecular weight is 300 g/mol. The number of hydrogen-bond donors (Lipinski definition) is 0. The molecule has 104 valence electrons. The Kier molecular flexibility index (Phi) is 2.82. The number of hydrogen-bond acceptors (Lipinski definition) is 4. The molecule has 1 aliphatic heterocycles. The van der Waals surface area contributed by atoms with E-state index in [0.717, 1.165) is 16.9 Å². The molecule has 0 amide bonds. The second-order valence-corrected chi connectivity index (χ2v) is 4.90. The Labute approximate surface area is 125 Å². The highest BCUT2D eigenvalue weighted by atomic mass is 35.5. The van der Waals surface area contributed by atoms with Gasteiger partial charge in [0, 0.05) is 11.1 Å². The van der Waals surface area contributed by atoms with E-state index in [1.165, 1.54) is 0 Å². The molecule has 0 bridgehead atoms. The van der Waals surface area contributed by atoms with Crippen LogP contribution in [0.3, 0.4) is 0 Å². The zero-order chi connectivity index (χ0) is 14.2. The molecule has 1 aromatic heterocycles. The number of ether oxygens (including phenoxy) is 2. The fourth-order valence-electron chi connectivity index (χ4n) is 2.32. The van der Waals surface area contributed by atoms with Crippen LogP contribution >= 0.6 is 11.6 Å². The molecule has 0 saturated heterocycles. The van der Waals surface area contributed by atoms with E-state index in [4.69, 9.17) is 25.5 Å². The second kappa shape index (κ2) is 4.82. The highest BCUT2D eigenvalue weighted by Crippen LogP contribution is 2.39. The van der Waals surface area contributed by atoms with Crippen LogP contribution in [0.5, 0.6) is 11.5 Å². The zero-order valence-electron chi connectivity index (χ0n) is 10.9. The van der Waals surface area contributed by atoms with Crippen molar-refractivity contribution in [1.29, 1.82) is 0 Å². The normalized spacial score (nSPS) is 12.6. The molecule has 2 aromatic carbocycles. The summed E-state index contributed by atoms with van der Waals surface area (Å²) in [6, 6.07) is 15.4. The first-order valence-electron chi connectivity index (χ1n) is 6.43. The summed E-state index contributed by atoms with van der Waals surface area (Å²) in [5.41, 5.74) is 2.47. The maximum Gasteiger partial charge on any atom is 0.293 e. The summed E-state index contributed by atoms with van der Waals surface area (Å²) in [4.78, 5) is 4.29. The first-order valence-corrected chi connectivity index (χ1v) is 6.81. The minimum Gasteiger partial charge on any atom is -0.454 e. The van der Waals surface area contributed by atoms with E-state index in [-0.39, 0.29) is 12.1 Å². The summed E-state index contributed by atoms with van der Waals surface area (Å²) in [5.74, 6) is 2.07. The minimum atomic E-state index is 0.113. The molecule has 21 heavy (non-hydrogen) atoms. The van der Waals surface area contributed by atoms with Crippen molar-refractivity contribution in [1.82, 2.24) is 4.98 Å². The van der Waals surface area contributed by atoms with Gasteiger partial charge in [0.15, 0.2) is 17.3 Å². The average Bonchev–Trinajstić information content (AvgIpc) is 3.13. The van der Waals surface area contributed by atoms with Gasteiger partial charge < -0.3 is 13.9 Å². The molecule has 0 N–H and O–H groups in total. The van der Waals surface area contributed by atoms with Crippen LogP contribution in [0.25, 0.3) is 22.6 Å². The van der Waals surface area contributed by atoms with Crippen LogP contribution in [-0.4, -0.2) is 11.8 Å². The minimum absolute atomic E-state index is 0.113. The lowest BCUT2D eigenvalue weighted by atomic mass is 10.1. The third-order valence-corrected chi connectivity index (χ3v) is 3.44. The van der Waals surface area contributed by atoms with Crippen molar-refractivity contribution in [3.63, 3.8) is 0 Å². The Bertz CT molecular complexity index is 799. The maximum absolute atomic E-state index is 5.95. The molecule has 0 spiro atoms. The van der Waals surface area contributed by atoms with Crippen LogP contribution in [0, 0.1) is 0 Å². The quantitative estimate of drug-likeness (QED) is 0.704. The lowest BCUT2D eigenvalue weighted by molar-refractivity contribution is 0.174. The summed E-state index contributed by atoms with van der Waals surface area (Å²) >= 11 is 5.95. The van der Waals surface area contributed by atoms with Gasteiger partial charge in [-0.15, -0.1) is 0 Å². The molecule has 2 heterocycles. The lowest BCUT2D eigenvalue weighted by Crippen LogP contribution is -1.92. The molecule has 0 saturated carbocycles. The van der Waals surface area contributed by atoms with Gasteiger partial charge in [-0.1, -0.05) is 30.3 Å². The van der Waals surface area contributed by atoms with Crippen LogP contribution in [-0.2, 0) is 0 Å². The van der Waals surface area contributed by atoms with Crippen molar-refractivity contribution in [2.24, 2.45) is 0 Å². The van der Waals surface area contributed by atoms with Gasteiger partial charge in [-0.05, 0) is 29.8 Å². The van der Waals surface area contributed by atoms with E-state index in [1.54, 1.807) is 0 Å². The highest BCUT2D eigenvalue weighted by Gasteiger charge is 2.19. The predicted octanol–water partition coefficient (Wildman–Crippen LogP) is 4.39. The molecule has 0 radical (unpaired) electrons. The molecule has 1 aliphatic rings. The van der Waals surface area contributed by atoms with Gasteiger partial charge in [0.05, 0.1) is 0 Å². The van der Waals surface area contributed by atoms with Crippen molar-refractivity contribution in [3.05, 3.63) is 53.9 Å². The fraction of sp³-hybridized carbons (Fsp3) is 0.0625.